The summed E-state index contributed by atoms with van der Waals surface area (Å²) in [6.45, 7) is 2.20. The van der Waals surface area contributed by atoms with Crippen LogP contribution in [0.5, 0.6) is 0 Å². The maximum absolute atomic E-state index is 13.5. The van der Waals surface area contributed by atoms with Crippen LogP contribution < -0.4 is 10.6 Å². The third kappa shape index (κ3) is 4.15. The van der Waals surface area contributed by atoms with E-state index >= 15 is 0 Å². The average molecular weight is 378 g/mol. The SMILES string of the molecule is O=C(NCC1CCOCC1)c1ccc(Nc2cccc(F)c2)c2ccccc12. The molecule has 0 unspecified atom stereocenters. The standard InChI is InChI=1S/C23H23FN2O2/c24-17-4-3-5-18(14-17)26-22-9-8-21(19-6-1-2-7-20(19)22)23(27)25-15-16-10-12-28-13-11-16/h1-9,14,16,26H,10-13,15H2,(H,25,27). The van der Waals surface area contributed by atoms with Crippen LogP contribution in [0.1, 0.15) is 23.2 Å². The molecule has 0 aliphatic carbocycles. The predicted octanol–water partition coefficient (Wildman–Crippen LogP) is 4.88. The van der Waals surface area contributed by atoms with Gasteiger partial charge in [-0.1, -0.05) is 30.3 Å². The highest BCUT2D eigenvalue weighted by atomic mass is 19.1. The summed E-state index contributed by atoms with van der Waals surface area (Å²) in [5, 5.41) is 8.12. The average Bonchev–Trinajstić information content (AvgIpc) is 2.73. The minimum atomic E-state index is -0.293. The lowest BCUT2D eigenvalue weighted by molar-refractivity contribution is 0.0643. The molecular formula is C23H23FN2O2. The molecule has 1 amide bonds. The van der Waals surface area contributed by atoms with Gasteiger partial charge in [0, 0.05) is 42.1 Å². The maximum atomic E-state index is 13.5. The van der Waals surface area contributed by atoms with Crippen LogP contribution in [-0.2, 0) is 4.74 Å². The quantitative estimate of drug-likeness (QED) is 0.665. The summed E-state index contributed by atoms with van der Waals surface area (Å²) in [5.41, 5.74) is 2.15. The Labute approximate surface area is 163 Å². The number of rotatable bonds is 5. The molecule has 4 rings (SSSR count). The van der Waals surface area contributed by atoms with Gasteiger partial charge in [-0.3, -0.25) is 4.79 Å². The van der Waals surface area contributed by atoms with Gasteiger partial charge in [0.1, 0.15) is 5.82 Å². The summed E-state index contributed by atoms with van der Waals surface area (Å²) in [4.78, 5) is 12.8. The molecule has 28 heavy (non-hydrogen) atoms. The van der Waals surface area contributed by atoms with Crippen molar-refractivity contribution in [2.45, 2.75) is 12.8 Å². The van der Waals surface area contributed by atoms with E-state index in [4.69, 9.17) is 4.74 Å². The molecule has 5 heteroatoms. The number of halogens is 1. The van der Waals surface area contributed by atoms with Gasteiger partial charge in [-0.2, -0.15) is 0 Å². The molecule has 3 aromatic carbocycles. The normalized spacial score (nSPS) is 14.8. The van der Waals surface area contributed by atoms with Gasteiger partial charge in [-0.15, -0.1) is 0 Å². The fourth-order valence-corrected chi connectivity index (χ4v) is 3.61. The molecular weight excluding hydrogens is 355 g/mol. The molecule has 0 bridgehead atoms. The van der Waals surface area contributed by atoms with Crippen LogP contribution in [0.4, 0.5) is 15.8 Å². The molecule has 144 valence electrons. The number of amides is 1. The molecule has 1 fully saturated rings. The molecule has 3 aromatic rings. The number of benzene rings is 3. The van der Waals surface area contributed by atoms with Crippen LogP contribution in [0, 0.1) is 11.7 Å². The molecule has 1 aliphatic rings. The van der Waals surface area contributed by atoms with E-state index in [-0.39, 0.29) is 11.7 Å². The van der Waals surface area contributed by atoms with Gasteiger partial charge < -0.3 is 15.4 Å². The first-order valence-electron chi connectivity index (χ1n) is 9.61. The number of ether oxygens (including phenoxy) is 1. The van der Waals surface area contributed by atoms with Crippen LogP contribution in [0.15, 0.2) is 60.7 Å². The van der Waals surface area contributed by atoms with Crippen molar-refractivity contribution in [1.82, 2.24) is 5.32 Å². The lowest BCUT2D eigenvalue weighted by Gasteiger charge is -2.22. The van der Waals surface area contributed by atoms with E-state index in [1.54, 1.807) is 6.07 Å². The monoisotopic (exact) mass is 378 g/mol. The van der Waals surface area contributed by atoms with Crippen LogP contribution in [0.3, 0.4) is 0 Å². The van der Waals surface area contributed by atoms with Gasteiger partial charge >= 0.3 is 0 Å². The third-order valence-corrected chi connectivity index (χ3v) is 5.16. The van der Waals surface area contributed by atoms with Crippen molar-refractivity contribution in [2.75, 3.05) is 25.1 Å². The van der Waals surface area contributed by atoms with E-state index in [9.17, 15) is 9.18 Å². The Kier molecular flexibility index (Phi) is 5.53. The molecule has 1 aliphatic heterocycles. The van der Waals surface area contributed by atoms with Gasteiger partial charge in [-0.05, 0) is 54.5 Å². The van der Waals surface area contributed by atoms with Gasteiger partial charge in [-0.25, -0.2) is 4.39 Å². The highest BCUT2D eigenvalue weighted by Crippen LogP contribution is 2.29. The van der Waals surface area contributed by atoms with Crippen molar-refractivity contribution in [1.29, 1.82) is 0 Å². The molecule has 0 radical (unpaired) electrons. The van der Waals surface area contributed by atoms with Crippen LogP contribution in [0.25, 0.3) is 10.8 Å². The van der Waals surface area contributed by atoms with Gasteiger partial charge in [0.05, 0.1) is 0 Å². The summed E-state index contributed by atoms with van der Waals surface area (Å²) >= 11 is 0. The van der Waals surface area contributed by atoms with Crippen LogP contribution in [0.2, 0.25) is 0 Å². The van der Waals surface area contributed by atoms with Gasteiger partial charge in [0.2, 0.25) is 0 Å². The van der Waals surface area contributed by atoms with E-state index in [1.807, 2.05) is 42.5 Å². The molecule has 0 spiro atoms. The van der Waals surface area contributed by atoms with Crippen molar-refractivity contribution >= 4 is 28.1 Å². The number of nitrogens with one attached hydrogen (secondary N) is 2. The fourth-order valence-electron chi connectivity index (χ4n) is 3.61. The van der Waals surface area contributed by atoms with Crippen molar-refractivity contribution in [3.05, 3.63) is 72.0 Å². The molecule has 0 atom stereocenters. The molecule has 0 aromatic heterocycles. The smallest absolute Gasteiger partial charge is 0.251 e. The van der Waals surface area contributed by atoms with Gasteiger partial charge in [0.15, 0.2) is 0 Å². The molecule has 2 N–H and O–H groups in total. The number of fused-ring (bicyclic) bond motifs is 1. The van der Waals surface area contributed by atoms with Crippen molar-refractivity contribution in [2.24, 2.45) is 5.92 Å². The Morgan fingerprint density at radius 1 is 1.00 bits per heavy atom. The first kappa shape index (κ1) is 18.4. The highest BCUT2D eigenvalue weighted by Gasteiger charge is 2.17. The van der Waals surface area contributed by atoms with Crippen LogP contribution >= 0.6 is 0 Å². The fraction of sp³-hybridized carbons (Fsp3) is 0.261. The van der Waals surface area contributed by atoms with Gasteiger partial charge in [0.25, 0.3) is 5.91 Å². The van der Waals surface area contributed by atoms with E-state index in [2.05, 4.69) is 10.6 Å². The first-order chi connectivity index (χ1) is 13.7. The van der Waals surface area contributed by atoms with Crippen molar-refractivity contribution in [3.63, 3.8) is 0 Å². The Morgan fingerprint density at radius 3 is 2.57 bits per heavy atom. The predicted molar refractivity (Wildman–Crippen MR) is 110 cm³/mol. The topological polar surface area (TPSA) is 50.4 Å². The zero-order chi connectivity index (χ0) is 19.3. The van der Waals surface area contributed by atoms with E-state index < -0.39 is 0 Å². The molecule has 0 saturated carbocycles. The zero-order valence-electron chi connectivity index (χ0n) is 15.6. The van der Waals surface area contributed by atoms with E-state index in [0.29, 0.717) is 23.7 Å². The number of carbonyl (C=O) groups is 1. The lowest BCUT2D eigenvalue weighted by atomic mass is 9.99. The largest absolute Gasteiger partial charge is 0.381 e. The summed E-state index contributed by atoms with van der Waals surface area (Å²) in [7, 11) is 0. The summed E-state index contributed by atoms with van der Waals surface area (Å²) in [6.07, 6.45) is 1.97. The Bertz CT molecular complexity index is 983. The third-order valence-electron chi connectivity index (χ3n) is 5.16. The Hall–Kier alpha value is -2.92. The van der Waals surface area contributed by atoms with E-state index in [0.717, 1.165) is 42.5 Å². The Balaban J connectivity index is 1.57. The minimum absolute atomic E-state index is 0.0694. The molecule has 1 saturated heterocycles. The maximum Gasteiger partial charge on any atom is 0.251 e. The number of anilines is 2. The van der Waals surface area contributed by atoms with Crippen molar-refractivity contribution in [3.8, 4) is 0 Å². The molecule has 4 nitrogen and oxygen atoms in total. The summed E-state index contributed by atoms with van der Waals surface area (Å²) < 4.78 is 18.9. The minimum Gasteiger partial charge on any atom is -0.381 e. The second-order valence-corrected chi connectivity index (χ2v) is 7.11. The second-order valence-electron chi connectivity index (χ2n) is 7.11. The zero-order valence-corrected chi connectivity index (χ0v) is 15.6. The molecule has 1 heterocycles. The van der Waals surface area contributed by atoms with Crippen LogP contribution in [-0.4, -0.2) is 25.7 Å². The highest BCUT2D eigenvalue weighted by molar-refractivity contribution is 6.10. The Morgan fingerprint density at radius 2 is 1.79 bits per heavy atom. The summed E-state index contributed by atoms with van der Waals surface area (Å²) in [5.74, 6) is 0.108. The number of hydrogen-bond donors (Lipinski definition) is 2. The first-order valence-corrected chi connectivity index (χ1v) is 9.61. The van der Waals surface area contributed by atoms with Crippen molar-refractivity contribution < 1.29 is 13.9 Å². The van der Waals surface area contributed by atoms with E-state index in [1.165, 1.54) is 12.1 Å². The lowest BCUT2D eigenvalue weighted by Crippen LogP contribution is -2.32. The second kappa shape index (κ2) is 8.40. The summed E-state index contributed by atoms with van der Waals surface area (Å²) in [6, 6.07) is 17.8. The number of carbonyl (C=O) groups excluding carboxylic acids is 1. The number of hydrogen-bond acceptors (Lipinski definition) is 3.